The van der Waals surface area contributed by atoms with Crippen LogP contribution in [0.4, 0.5) is 0 Å². The summed E-state index contributed by atoms with van der Waals surface area (Å²) in [6, 6.07) is 0. The first kappa shape index (κ1) is 15.7. The molecule has 0 aromatic heterocycles. The molecule has 1 aliphatic heterocycles. The van der Waals surface area contributed by atoms with Crippen molar-refractivity contribution in [3.8, 4) is 0 Å². The summed E-state index contributed by atoms with van der Waals surface area (Å²) in [6.45, 7) is 6.13. The molecular formula is C15H29O3P. The van der Waals surface area contributed by atoms with E-state index in [0.29, 0.717) is 6.10 Å². The van der Waals surface area contributed by atoms with Crippen molar-refractivity contribution in [1.29, 1.82) is 0 Å². The molecule has 1 aliphatic carbocycles. The Labute approximate surface area is 119 Å². The Kier molecular flexibility index (Phi) is 6.55. The fraction of sp³-hybridized carbons (Fsp3) is 1.00. The van der Waals surface area contributed by atoms with Crippen molar-refractivity contribution in [3.05, 3.63) is 0 Å². The predicted molar refractivity (Wildman–Crippen MR) is 79.0 cm³/mol. The molecule has 3 nitrogen and oxygen atoms in total. The van der Waals surface area contributed by atoms with Crippen LogP contribution < -0.4 is 0 Å². The van der Waals surface area contributed by atoms with E-state index in [1.165, 1.54) is 51.4 Å². The minimum atomic E-state index is -1.07. The molecule has 1 saturated carbocycles. The molecule has 0 atom stereocenters. The summed E-state index contributed by atoms with van der Waals surface area (Å²) in [5, 5.41) is 0. The van der Waals surface area contributed by atoms with Gasteiger partial charge in [0.2, 0.25) is 0 Å². The Bertz CT molecular complexity index is 246. The van der Waals surface area contributed by atoms with Crippen LogP contribution in [0, 0.1) is 5.41 Å². The molecule has 19 heavy (non-hydrogen) atoms. The van der Waals surface area contributed by atoms with Crippen molar-refractivity contribution in [3.63, 3.8) is 0 Å². The molecule has 1 saturated heterocycles. The zero-order valence-corrected chi connectivity index (χ0v) is 13.4. The Hall–Kier alpha value is 0.310. The maximum atomic E-state index is 5.99. The van der Waals surface area contributed by atoms with Crippen molar-refractivity contribution >= 4 is 8.60 Å². The van der Waals surface area contributed by atoms with Gasteiger partial charge in [0.1, 0.15) is 0 Å². The van der Waals surface area contributed by atoms with Crippen LogP contribution >= 0.6 is 8.60 Å². The molecule has 2 aliphatic rings. The first-order valence-electron chi connectivity index (χ1n) is 8.01. The van der Waals surface area contributed by atoms with Crippen molar-refractivity contribution in [1.82, 2.24) is 0 Å². The lowest BCUT2D eigenvalue weighted by Crippen LogP contribution is -2.35. The Morgan fingerprint density at radius 2 is 1.79 bits per heavy atom. The summed E-state index contributed by atoms with van der Waals surface area (Å²) < 4.78 is 17.8. The van der Waals surface area contributed by atoms with Gasteiger partial charge in [-0.3, -0.25) is 0 Å². The summed E-state index contributed by atoms with van der Waals surface area (Å²) in [4.78, 5) is 0. The van der Waals surface area contributed by atoms with E-state index >= 15 is 0 Å². The summed E-state index contributed by atoms with van der Waals surface area (Å²) in [6.07, 6.45) is 11.6. The second-order valence-corrected chi connectivity index (χ2v) is 7.27. The molecule has 0 bridgehead atoms. The van der Waals surface area contributed by atoms with Gasteiger partial charge in [-0.1, -0.05) is 46.0 Å². The largest absolute Gasteiger partial charge is 0.332 e. The number of unbranched alkanes of at least 4 members (excludes halogenated alkanes) is 1. The van der Waals surface area contributed by atoms with Gasteiger partial charge in [-0.2, -0.15) is 0 Å². The zero-order valence-electron chi connectivity index (χ0n) is 12.5. The average molecular weight is 288 g/mol. The van der Waals surface area contributed by atoms with E-state index in [2.05, 4.69) is 13.8 Å². The molecule has 0 radical (unpaired) electrons. The van der Waals surface area contributed by atoms with Crippen LogP contribution in [0.25, 0.3) is 0 Å². The monoisotopic (exact) mass is 288 g/mol. The van der Waals surface area contributed by atoms with Crippen LogP contribution in [0.2, 0.25) is 0 Å². The maximum absolute atomic E-state index is 5.99. The molecule has 2 fully saturated rings. The molecular weight excluding hydrogens is 259 g/mol. The van der Waals surface area contributed by atoms with Gasteiger partial charge in [-0.25, -0.2) is 0 Å². The predicted octanol–water partition coefficient (Wildman–Crippen LogP) is 5.20. The second-order valence-electron chi connectivity index (χ2n) is 6.09. The van der Waals surface area contributed by atoms with E-state index in [0.717, 1.165) is 19.6 Å². The topological polar surface area (TPSA) is 27.7 Å². The van der Waals surface area contributed by atoms with Gasteiger partial charge in [0.05, 0.1) is 19.3 Å². The highest BCUT2D eigenvalue weighted by molar-refractivity contribution is 7.41. The van der Waals surface area contributed by atoms with Gasteiger partial charge in [-0.05, 0) is 25.7 Å². The van der Waals surface area contributed by atoms with E-state index in [1.54, 1.807) is 0 Å². The maximum Gasteiger partial charge on any atom is 0.332 e. The molecule has 0 aromatic rings. The quantitative estimate of drug-likeness (QED) is 0.629. The molecule has 0 unspecified atom stereocenters. The fourth-order valence-corrected chi connectivity index (χ4v) is 4.30. The molecule has 0 N–H and O–H groups in total. The summed E-state index contributed by atoms with van der Waals surface area (Å²) in [5.41, 5.74) is 0.241. The lowest BCUT2D eigenvalue weighted by Gasteiger charge is -2.39. The van der Waals surface area contributed by atoms with Crippen molar-refractivity contribution in [2.24, 2.45) is 5.41 Å². The number of hydrogen-bond acceptors (Lipinski definition) is 3. The highest BCUT2D eigenvalue weighted by atomic mass is 31.2. The highest BCUT2D eigenvalue weighted by Crippen LogP contribution is 2.51. The first-order chi connectivity index (χ1) is 9.28. The minimum Gasteiger partial charge on any atom is -0.312 e. The third-order valence-electron chi connectivity index (χ3n) is 4.55. The Morgan fingerprint density at radius 1 is 1.11 bits per heavy atom. The van der Waals surface area contributed by atoms with Gasteiger partial charge < -0.3 is 13.6 Å². The van der Waals surface area contributed by atoms with Crippen LogP contribution in [-0.4, -0.2) is 19.3 Å². The molecule has 2 rings (SSSR count). The Morgan fingerprint density at radius 3 is 2.37 bits per heavy atom. The minimum absolute atomic E-state index is 0.241. The van der Waals surface area contributed by atoms with Crippen LogP contribution in [0.15, 0.2) is 0 Å². The normalized spacial score (nSPS) is 33.5. The molecule has 112 valence electrons. The number of rotatable bonds is 6. The third kappa shape index (κ3) is 4.67. The number of hydrogen-bond donors (Lipinski definition) is 0. The van der Waals surface area contributed by atoms with E-state index < -0.39 is 8.60 Å². The standard InChI is InChI=1S/C15H29O3P/c1-3-5-11-15(4-2)12-16-19(17-13-15)18-14-9-7-6-8-10-14/h14H,3-13H2,1-2H3. The van der Waals surface area contributed by atoms with Crippen molar-refractivity contribution in [2.75, 3.05) is 13.2 Å². The first-order valence-corrected chi connectivity index (χ1v) is 9.10. The van der Waals surface area contributed by atoms with E-state index in [4.69, 9.17) is 13.6 Å². The molecule has 0 spiro atoms. The fourth-order valence-electron chi connectivity index (χ4n) is 2.89. The molecule has 4 heteroatoms. The van der Waals surface area contributed by atoms with Gasteiger partial charge in [0, 0.05) is 5.41 Å². The van der Waals surface area contributed by atoms with Crippen LogP contribution in [0.3, 0.4) is 0 Å². The van der Waals surface area contributed by atoms with Crippen molar-refractivity contribution in [2.45, 2.75) is 77.7 Å². The third-order valence-corrected chi connectivity index (χ3v) is 5.70. The molecule has 1 heterocycles. The van der Waals surface area contributed by atoms with Gasteiger partial charge >= 0.3 is 8.60 Å². The van der Waals surface area contributed by atoms with E-state index in [9.17, 15) is 0 Å². The molecule has 0 aromatic carbocycles. The van der Waals surface area contributed by atoms with E-state index in [1.807, 2.05) is 0 Å². The van der Waals surface area contributed by atoms with E-state index in [-0.39, 0.29) is 5.41 Å². The Balaban J connectivity index is 1.74. The summed E-state index contributed by atoms with van der Waals surface area (Å²) in [5.74, 6) is 0. The van der Waals surface area contributed by atoms with Gasteiger partial charge in [0.15, 0.2) is 0 Å². The lowest BCUT2D eigenvalue weighted by atomic mass is 9.82. The smallest absolute Gasteiger partial charge is 0.312 e. The highest BCUT2D eigenvalue weighted by Gasteiger charge is 2.37. The summed E-state index contributed by atoms with van der Waals surface area (Å²) in [7, 11) is -1.07. The summed E-state index contributed by atoms with van der Waals surface area (Å²) >= 11 is 0. The van der Waals surface area contributed by atoms with Gasteiger partial charge in [0.25, 0.3) is 0 Å². The van der Waals surface area contributed by atoms with Crippen LogP contribution in [0.1, 0.15) is 71.6 Å². The average Bonchev–Trinajstić information content (AvgIpc) is 2.48. The lowest BCUT2D eigenvalue weighted by molar-refractivity contribution is -0.0153. The SMILES string of the molecule is CCCCC1(CC)COP(OC2CCCCC2)OC1. The molecule has 0 amide bonds. The zero-order chi connectivity index (χ0) is 13.6. The second kappa shape index (κ2) is 7.93. The van der Waals surface area contributed by atoms with Crippen LogP contribution in [0.5, 0.6) is 0 Å². The van der Waals surface area contributed by atoms with Crippen LogP contribution in [-0.2, 0) is 13.6 Å². The van der Waals surface area contributed by atoms with Crippen molar-refractivity contribution < 1.29 is 13.6 Å². The van der Waals surface area contributed by atoms with Gasteiger partial charge in [-0.15, -0.1) is 0 Å².